The van der Waals surface area contributed by atoms with Gasteiger partial charge in [0.15, 0.2) is 0 Å². The van der Waals surface area contributed by atoms with Crippen LogP contribution in [0, 0.1) is 6.92 Å². The van der Waals surface area contributed by atoms with Gasteiger partial charge in [-0.2, -0.15) is 0 Å². The van der Waals surface area contributed by atoms with Gasteiger partial charge in [0.05, 0.1) is 16.3 Å². The Hall–Kier alpha value is -2.50. The summed E-state index contributed by atoms with van der Waals surface area (Å²) in [4.78, 5) is 28.2. The van der Waals surface area contributed by atoms with Crippen LogP contribution in [0.25, 0.3) is 11.1 Å². The molecule has 1 unspecified atom stereocenters. The Bertz CT molecular complexity index is 1040. The molecule has 0 aliphatic carbocycles. The van der Waals surface area contributed by atoms with Crippen molar-refractivity contribution < 1.29 is 4.79 Å². The third-order valence-corrected chi connectivity index (χ3v) is 5.73. The molecule has 148 valence electrons. The zero-order chi connectivity index (χ0) is 20.4. The Kier molecular flexibility index (Phi) is 5.79. The highest BCUT2D eigenvalue weighted by Crippen LogP contribution is 2.34. The Morgan fingerprint density at radius 3 is 2.72 bits per heavy atom. The first kappa shape index (κ1) is 19.8. The monoisotopic (exact) mass is 426 g/mol. The SMILES string of the molecule is Cc1ncc(-c2ccncc2)c(C2CCCN(C(=O)c3ccc(Cl)cc3Cl)C2)n1. The first-order valence-electron chi connectivity index (χ1n) is 9.51. The number of nitrogens with zero attached hydrogens (tertiary/aromatic N) is 4. The standard InChI is InChI=1S/C22H20Cl2N4O/c1-14-26-12-19(15-6-8-25-9-7-15)21(27-14)16-3-2-10-28(13-16)22(29)18-5-4-17(23)11-20(18)24/h4-9,11-12,16H,2-3,10,13H2,1H3. The number of carbonyl (C=O) groups is 1. The van der Waals surface area contributed by atoms with Crippen LogP contribution in [0.15, 0.2) is 48.9 Å². The average Bonchev–Trinajstić information content (AvgIpc) is 2.74. The van der Waals surface area contributed by atoms with Crippen molar-refractivity contribution in [3.63, 3.8) is 0 Å². The maximum absolute atomic E-state index is 13.1. The van der Waals surface area contributed by atoms with Gasteiger partial charge in [-0.05, 0) is 55.7 Å². The summed E-state index contributed by atoms with van der Waals surface area (Å²) in [6.45, 7) is 3.17. The molecule has 0 spiro atoms. The first-order chi connectivity index (χ1) is 14.0. The van der Waals surface area contributed by atoms with Gasteiger partial charge in [0, 0.05) is 48.2 Å². The summed E-state index contributed by atoms with van der Waals surface area (Å²) in [5.41, 5.74) is 3.47. The van der Waals surface area contributed by atoms with Crippen LogP contribution in [-0.2, 0) is 0 Å². The third kappa shape index (κ3) is 4.26. The lowest BCUT2D eigenvalue weighted by Crippen LogP contribution is -2.39. The van der Waals surface area contributed by atoms with Gasteiger partial charge in [-0.3, -0.25) is 9.78 Å². The third-order valence-electron chi connectivity index (χ3n) is 5.19. The fraction of sp³-hybridized carbons (Fsp3) is 0.273. The van der Waals surface area contributed by atoms with E-state index in [0.29, 0.717) is 28.7 Å². The summed E-state index contributed by atoms with van der Waals surface area (Å²) >= 11 is 12.2. The van der Waals surface area contributed by atoms with E-state index in [1.165, 1.54) is 0 Å². The summed E-state index contributed by atoms with van der Waals surface area (Å²) in [6.07, 6.45) is 7.26. The van der Waals surface area contributed by atoms with Crippen LogP contribution >= 0.6 is 23.2 Å². The van der Waals surface area contributed by atoms with Crippen molar-refractivity contribution in [2.24, 2.45) is 0 Å². The highest BCUT2D eigenvalue weighted by atomic mass is 35.5. The average molecular weight is 427 g/mol. The van der Waals surface area contributed by atoms with Crippen molar-refractivity contribution in [2.45, 2.75) is 25.7 Å². The van der Waals surface area contributed by atoms with E-state index in [2.05, 4.69) is 9.97 Å². The predicted molar refractivity (Wildman–Crippen MR) is 114 cm³/mol. The number of hydrogen-bond donors (Lipinski definition) is 0. The second-order valence-corrected chi connectivity index (χ2v) is 8.01. The Morgan fingerprint density at radius 2 is 1.97 bits per heavy atom. The number of halogens is 2. The molecule has 1 aliphatic heterocycles. The van der Waals surface area contributed by atoms with E-state index in [4.69, 9.17) is 28.2 Å². The van der Waals surface area contributed by atoms with E-state index in [0.717, 1.165) is 35.5 Å². The highest BCUT2D eigenvalue weighted by Gasteiger charge is 2.29. The normalized spacial score (nSPS) is 16.7. The van der Waals surface area contributed by atoms with Crippen LogP contribution in [0.2, 0.25) is 10.0 Å². The van der Waals surface area contributed by atoms with Crippen LogP contribution in [-0.4, -0.2) is 38.8 Å². The van der Waals surface area contributed by atoms with Crippen molar-refractivity contribution in [2.75, 3.05) is 13.1 Å². The second-order valence-electron chi connectivity index (χ2n) is 7.17. The number of rotatable bonds is 3. The number of piperidine rings is 1. The molecule has 1 amide bonds. The molecule has 7 heteroatoms. The molecule has 3 aromatic rings. The molecule has 1 atom stereocenters. The lowest BCUT2D eigenvalue weighted by atomic mass is 9.89. The molecule has 0 radical (unpaired) electrons. The second kappa shape index (κ2) is 8.47. The zero-order valence-electron chi connectivity index (χ0n) is 16.0. The summed E-state index contributed by atoms with van der Waals surface area (Å²) < 4.78 is 0. The smallest absolute Gasteiger partial charge is 0.255 e. The van der Waals surface area contributed by atoms with Crippen LogP contribution < -0.4 is 0 Å². The molecule has 5 nitrogen and oxygen atoms in total. The number of carbonyl (C=O) groups excluding carboxylic acids is 1. The van der Waals surface area contributed by atoms with Gasteiger partial charge in [0.1, 0.15) is 5.82 Å². The molecule has 0 bridgehead atoms. The molecular formula is C22H20Cl2N4O. The molecule has 0 saturated carbocycles. The summed E-state index contributed by atoms with van der Waals surface area (Å²) in [7, 11) is 0. The molecule has 29 heavy (non-hydrogen) atoms. The Balaban J connectivity index is 1.64. The molecular weight excluding hydrogens is 407 g/mol. The molecule has 1 saturated heterocycles. The molecule has 2 aromatic heterocycles. The van der Waals surface area contributed by atoms with Gasteiger partial charge in [-0.25, -0.2) is 9.97 Å². The van der Waals surface area contributed by atoms with Crippen molar-refractivity contribution in [1.29, 1.82) is 0 Å². The number of pyridine rings is 1. The minimum atomic E-state index is -0.0763. The molecule has 1 aromatic carbocycles. The van der Waals surface area contributed by atoms with Gasteiger partial charge in [0.2, 0.25) is 0 Å². The lowest BCUT2D eigenvalue weighted by molar-refractivity contribution is 0.0706. The zero-order valence-corrected chi connectivity index (χ0v) is 17.5. The van der Waals surface area contributed by atoms with Gasteiger partial charge < -0.3 is 4.90 Å². The fourth-order valence-corrected chi connectivity index (χ4v) is 4.26. The molecule has 4 rings (SSSR count). The fourth-order valence-electron chi connectivity index (χ4n) is 3.77. The highest BCUT2D eigenvalue weighted by molar-refractivity contribution is 6.36. The van der Waals surface area contributed by atoms with Gasteiger partial charge in [-0.15, -0.1) is 0 Å². The number of hydrogen-bond acceptors (Lipinski definition) is 4. The van der Waals surface area contributed by atoms with E-state index in [1.807, 2.05) is 30.2 Å². The van der Waals surface area contributed by atoms with Gasteiger partial charge >= 0.3 is 0 Å². The Labute approximate surface area is 179 Å². The predicted octanol–water partition coefficient (Wildman–Crippen LogP) is 5.17. The summed E-state index contributed by atoms with van der Waals surface area (Å²) in [5, 5.41) is 0.890. The van der Waals surface area contributed by atoms with E-state index in [9.17, 15) is 4.79 Å². The van der Waals surface area contributed by atoms with Crippen molar-refractivity contribution in [3.05, 3.63) is 76.0 Å². The number of amides is 1. The van der Waals surface area contributed by atoms with Gasteiger partial charge in [0.25, 0.3) is 5.91 Å². The number of benzene rings is 1. The largest absolute Gasteiger partial charge is 0.338 e. The van der Waals surface area contributed by atoms with Crippen molar-refractivity contribution in [3.8, 4) is 11.1 Å². The topological polar surface area (TPSA) is 59.0 Å². The van der Waals surface area contributed by atoms with Crippen LogP contribution in [0.3, 0.4) is 0 Å². The minimum absolute atomic E-state index is 0.0763. The summed E-state index contributed by atoms with van der Waals surface area (Å²) in [6, 6.07) is 8.89. The maximum atomic E-state index is 13.1. The molecule has 3 heterocycles. The van der Waals surface area contributed by atoms with Crippen molar-refractivity contribution in [1.82, 2.24) is 19.9 Å². The number of likely N-dealkylation sites (tertiary alicyclic amines) is 1. The Morgan fingerprint density at radius 1 is 1.17 bits per heavy atom. The van der Waals surface area contributed by atoms with Crippen LogP contribution in [0.4, 0.5) is 0 Å². The molecule has 1 aliphatic rings. The van der Waals surface area contributed by atoms with Gasteiger partial charge in [-0.1, -0.05) is 23.2 Å². The van der Waals surface area contributed by atoms with Crippen molar-refractivity contribution >= 4 is 29.1 Å². The first-order valence-corrected chi connectivity index (χ1v) is 10.3. The van der Waals surface area contributed by atoms with E-state index >= 15 is 0 Å². The minimum Gasteiger partial charge on any atom is -0.338 e. The van der Waals surface area contributed by atoms with E-state index in [1.54, 1.807) is 30.6 Å². The molecule has 1 fully saturated rings. The van der Waals surface area contributed by atoms with E-state index < -0.39 is 0 Å². The van der Waals surface area contributed by atoms with Crippen LogP contribution in [0.1, 0.15) is 40.6 Å². The summed E-state index contributed by atoms with van der Waals surface area (Å²) in [5.74, 6) is 0.776. The number of aryl methyl sites for hydroxylation is 1. The lowest BCUT2D eigenvalue weighted by Gasteiger charge is -2.33. The number of aromatic nitrogens is 3. The molecule has 0 N–H and O–H groups in total. The maximum Gasteiger partial charge on any atom is 0.255 e. The van der Waals surface area contributed by atoms with Crippen LogP contribution in [0.5, 0.6) is 0 Å². The quantitative estimate of drug-likeness (QED) is 0.579. The van der Waals surface area contributed by atoms with E-state index in [-0.39, 0.29) is 11.8 Å².